The van der Waals surface area contributed by atoms with Crippen LogP contribution >= 0.6 is 11.3 Å². The van der Waals surface area contributed by atoms with E-state index in [1.807, 2.05) is 29.0 Å². The smallest absolute Gasteiger partial charge is 0.252 e. The van der Waals surface area contributed by atoms with Crippen molar-refractivity contribution in [2.45, 2.75) is 31.8 Å². The van der Waals surface area contributed by atoms with E-state index in [4.69, 9.17) is 0 Å². The SMILES string of the molecule is O=C(NC1CCc2nnc(-c3ccncc3)n2CC1)c1ccsc1. The molecule has 3 aromatic heterocycles. The Morgan fingerprint density at radius 2 is 2.08 bits per heavy atom. The van der Waals surface area contributed by atoms with E-state index < -0.39 is 0 Å². The first-order valence-electron chi connectivity index (χ1n) is 7.97. The van der Waals surface area contributed by atoms with Gasteiger partial charge >= 0.3 is 0 Å². The van der Waals surface area contributed by atoms with Crippen LogP contribution in [0.2, 0.25) is 0 Å². The Morgan fingerprint density at radius 3 is 2.88 bits per heavy atom. The number of thiophene rings is 1. The van der Waals surface area contributed by atoms with Gasteiger partial charge in [-0.2, -0.15) is 11.3 Å². The van der Waals surface area contributed by atoms with Crippen molar-refractivity contribution < 1.29 is 4.79 Å². The fourth-order valence-corrected chi connectivity index (χ4v) is 3.65. The van der Waals surface area contributed by atoms with E-state index in [2.05, 4.69) is 25.1 Å². The maximum atomic E-state index is 12.2. The zero-order chi connectivity index (χ0) is 16.4. The third-order valence-electron chi connectivity index (χ3n) is 4.30. The third-order valence-corrected chi connectivity index (χ3v) is 4.99. The molecule has 1 N–H and O–H groups in total. The number of carbonyl (C=O) groups excluding carboxylic acids is 1. The van der Waals surface area contributed by atoms with Gasteiger partial charge in [0.2, 0.25) is 0 Å². The molecule has 1 unspecified atom stereocenters. The van der Waals surface area contributed by atoms with Gasteiger partial charge in [-0.3, -0.25) is 9.78 Å². The van der Waals surface area contributed by atoms with Gasteiger partial charge in [-0.15, -0.1) is 10.2 Å². The molecule has 0 saturated heterocycles. The molecule has 0 aliphatic carbocycles. The first kappa shape index (κ1) is 15.0. The minimum atomic E-state index is 0.00766. The van der Waals surface area contributed by atoms with E-state index in [-0.39, 0.29) is 11.9 Å². The number of rotatable bonds is 3. The monoisotopic (exact) mass is 339 g/mol. The molecule has 4 rings (SSSR count). The molecule has 4 heterocycles. The summed E-state index contributed by atoms with van der Waals surface area (Å²) in [5, 5.41) is 15.6. The number of hydrogen-bond donors (Lipinski definition) is 1. The van der Waals surface area contributed by atoms with Crippen molar-refractivity contribution in [1.82, 2.24) is 25.1 Å². The highest BCUT2D eigenvalue weighted by molar-refractivity contribution is 7.08. The molecule has 122 valence electrons. The van der Waals surface area contributed by atoms with Crippen LogP contribution in [0.5, 0.6) is 0 Å². The number of hydrogen-bond acceptors (Lipinski definition) is 5. The van der Waals surface area contributed by atoms with Crippen LogP contribution in [0.15, 0.2) is 41.4 Å². The fraction of sp³-hybridized carbons (Fsp3) is 0.294. The summed E-state index contributed by atoms with van der Waals surface area (Å²) in [6.07, 6.45) is 6.09. The average Bonchev–Trinajstić information content (AvgIpc) is 3.24. The van der Waals surface area contributed by atoms with Crippen molar-refractivity contribution >= 4 is 17.2 Å². The zero-order valence-corrected chi connectivity index (χ0v) is 13.9. The maximum absolute atomic E-state index is 12.2. The second-order valence-electron chi connectivity index (χ2n) is 5.84. The van der Waals surface area contributed by atoms with E-state index in [9.17, 15) is 4.79 Å². The Balaban J connectivity index is 1.49. The second-order valence-corrected chi connectivity index (χ2v) is 6.62. The number of amides is 1. The van der Waals surface area contributed by atoms with Gasteiger partial charge in [-0.1, -0.05) is 0 Å². The van der Waals surface area contributed by atoms with Gasteiger partial charge in [0.15, 0.2) is 5.82 Å². The van der Waals surface area contributed by atoms with E-state index in [0.29, 0.717) is 0 Å². The molecule has 1 amide bonds. The molecule has 7 heteroatoms. The number of pyridine rings is 1. The molecule has 24 heavy (non-hydrogen) atoms. The molecular weight excluding hydrogens is 322 g/mol. The Morgan fingerprint density at radius 1 is 1.21 bits per heavy atom. The van der Waals surface area contributed by atoms with Crippen LogP contribution in [0.4, 0.5) is 0 Å². The number of nitrogens with zero attached hydrogens (tertiary/aromatic N) is 4. The molecular formula is C17H17N5OS. The summed E-state index contributed by atoms with van der Waals surface area (Å²) in [7, 11) is 0. The van der Waals surface area contributed by atoms with Gasteiger partial charge in [0.25, 0.3) is 5.91 Å². The molecule has 0 radical (unpaired) electrons. The third kappa shape index (κ3) is 2.94. The molecule has 0 bridgehead atoms. The second kappa shape index (κ2) is 6.52. The van der Waals surface area contributed by atoms with Gasteiger partial charge < -0.3 is 9.88 Å². The zero-order valence-electron chi connectivity index (χ0n) is 13.1. The number of aromatic nitrogens is 4. The molecule has 1 atom stereocenters. The van der Waals surface area contributed by atoms with Gasteiger partial charge in [0.1, 0.15) is 5.82 Å². The van der Waals surface area contributed by atoms with Crippen molar-refractivity contribution in [2.24, 2.45) is 0 Å². The van der Waals surface area contributed by atoms with Crippen molar-refractivity contribution in [3.8, 4) is 11.4 Å². The van der Waals surface area contributed by atoms with Crippen LogP contribution in [0.3, 0.4) is 0 Å². The van der Waals surface area contributed by atoms with Crippen molar-refractivity contribution in [2.75, 3.05) is 0 Å². The lowest BCUT2D eigenvalue weighted by atomic mass is 10.1. The maximum Gasteiger partial charge on any atom is 0.252 e. The van der Waals surface area contributed by atoms with E-state index in [1.165, 1.54) is 11.3 Å². The van der Waals surface area contributed by atoms with Crippen LogP contribution in [0, 0.1) is 0 Å². The molecule has 6 nitrogen and oxygen atoms in total. The number of fused-ring (bicyclic) bond motifs is 1. The highest BCUT2D eigenvalue weighted by atomic mass is 32.1. The van der Waals surface area contributed by atoms with Crippen LogP contribution in [-0.2, 0) is 13.0 Å². The summed E-state index contributed by atoms with van der Waals surface area (Å²) >= 11 is 1.54. The van der Waals surface area contributed by atoms with Gasteiger partial charge in [-0.25, -0.2) is 0 Å². The first-order valence-corrected chi connectivity index (χ1v) is 8.91. The van der Waals surface area contributed by atoms with E-state index >= 15 is 0 Å². The van der Waals surface area contributed by atoms with E-state index in [1.54, 1.807) is 12.4 Å². The molecule has 1 aliphatic heterocycles. The largest absolute Gasteiger partial charge is 0.349 e. The average molecular weight is 339 g/mol. The van der Waals surface area contributed by atoms with Gasteiger partial charge in [0, 0.05) is 47.9 Å². The molecule has 0 saturated carbocycles. The minimum Gasteiger partial charge on any atom is -0.349 e. The summed E-state index contributed by atoms with van der Waals surface area (Å²) in [6.45, 7) is 0.800. The van der Waals surface area contributed by atoms with Crippen LogP contribution < -0.4 is 5.32 Å². The van der Waals surface area contributed by atoms with Gasteiger partial charge in [0.05, 0.1) is 0 Å². The number of aryl methyl sites for hydroxylation is 1. The van der Waals surface area contributed by atoms with Crippen molar-refractivity contribution in [1.29, 1.82) is 0 Å². The van der Waals surface area contributed by atoms with Crippen LogP contribution in [0.1, 0.15) is 29.0 Å². The standard InChI is InChI=1S/C17H17N5OS/c23-17(13-6-10-24-11-13)19-14-1-2-15-20-21-16(22(15)9-5-14)12-3-7-18-8-4-12/h3-4,6-8,10-11,14H,1-2,5,9H2,(H,19,23). The molecule has 0 fully saturated rings. The predicted molar refractivity (Wildman–Crippen MR) is 91.8 cm³/mol. The van der Waals surface area contributed by atoms with Gasteiger partial charge in [-0.05, 0) is 36.4 Å². The predicted octanol–water partition coefficient (Wildman–Crippen LogP) is 2.54. The Hall–Kier alpha value is -2.54. The highest BCUT2D eigenvalue weighted by Crippen LogP contribution is 2.22. The van der Waals surface area contributed by atoms with Crippen LogP contribution in [0.25, 0.3) is 11.4 Å². The van der Waals surface area contributed by atoms with Crippen LogP contribution in [-0.4, -0.2) is 31.7 Å². The minimum absolute atomic E-state index is 0.00766. The summed E-state index contributed by atoms with van der Waals surface area (Å²) in [5.41, 5.74) is 1.76. The van der Waals surface area contributed by atoms with Crippen molar-refractivity contribution in [3.05, 3.63) is 52.7 Å². The molecule has 0 aromatic carbocycles. The lowest BCUT2D eigenvalue weighted by Gasteiger charge is -2.15. The Kier molecular flexibility index (Phi) is 4.08. The normalized spacial score (nSPS) is 17.1. The molecule has 3 aromatic rings. The highest BCUT2D eigenvalue weighted by Gasteiger charge is 2.22. The summed E-state index contributed by atoms with van der Waals surface area (Å²) in [4.78, 5) is 16.3. The fourth-order valence-electron chi connectivity index (χ4n) is 3.01. The quantitative estimate of drug-likeness (QED) is 0.796. The lowest BCUT2D eigenvalue weighted by molar-refractivity contribution is 0.0933. The number of carbonyl (C=O) groups is 1. The first-order chi connectivity index (χ1) is 11.8. The Bertz CT molecular complexity index is 828. The van der Waals surface area contributed by atoms with E-state index in [0.717, 1.165) is 48.6 Å². The Labute approximate surface area is 143 Å². The lowest BCUT2D eigenvalue weighted by Crippen LogP contribution is -2.35. The summed E-state index contributed by atoms with van der Waals surface area (Å²) in [6, 6.07) is 5.90. The number of nitrogens with one attached hydrogen (secondary N) is 1. The van der Waals surface area contributed by atoms with Crippen molar-refractivity contribution in [3.63, 3.8) is 0 Å². The molecule has 1 aliphatic rings. The topological polar surface area (TPSA) is 72.7 Å². The summed E-state index contributed by atoms with van der Waals surface area (Å²) < 4.78 is 2.16. The summed E-state index contributed by atoms with van der Waals surface area (Å²) in [5.74, 6) is 1.86. The molecule has 0 spiro atoms.